The minimum Gasteiger partial charge on any atom is -0.493 e. The number of amides is 2. The Morgan fingerprint density at radius 3 is 2.59 bits per heavy atom. The molecule has 0 aliphatic carbocycles. The van der Waals surface area contributed by atoms with Crippen LogP contribution in [0.2, 0.25) is 0 Å². The number of hydrogen-bond donors (Lipinski definition) is 1. The molecule has 6 heteroatoms. The first-order chi connectivity index (χ1) is 12.9. The second-order valence-corrected chi connectivity index (χ2v) is 6.61. The van der Waals surface area contributed by atoms with Crippen LogP contribution < -0.4 is 15.0 Å². The zero-order valence-electron chi connectivity index (χ0n) is 15.4. The average molecular weight is 380 g/mol. The normalized spacial score (nSPS) is 15.9. The summed E-state index contributed by atoms with van der Waals surface area (Å²) in [5.41, 5.74) is 3.30. The quantitative estimate of drug-likeness (QED) is 0.501. The summed E-state index contributed by atoms with van der Waals surface area (Å²) < 4.78 is 5.59. The number of hydrogen-bond acceptors (Lipinski definition) is 4. The molecule has 0 saturated carbocycles. The summed E-state index contributed by atoms with van der Waals surface area (Å²) in [6, 6.07) is 13.0. The molecule has 0 unspecified atom stereocenters. The Bertz CT molecular complexity index is 966. The van der Waals surface area contributed by atoms with Gasteiger partial charge in [-0.1, -0.05) is 35.9 Å². The molecule has 1 aliphatic heterocycles. The van der Waals surface area contributed by atoms with Gasteiger partial charge in [0, 0.05) is 5.56 Å². The van der Waals surface area contributed by atoms with E-state index in [1.807, 2.05) is 51.1 Å². The van der Waals surface area contributed by atoms with Crippen molar-refractivity contribution >= 4 is 40.9 Å². The molecule has 1 saturated heterocycles. The number of nitrogens with zero attached hydrogens (tertiary/aromatic N) is 1. The van der Waals surface area contributed by atoms with E-state index in [1.54, 1.807) is 18.2 Å². The Labute approximate surface area is 163 Å². The van der Waals surface area contributed by atoms with Gasteiger partial charge in [0.2, 0.25) is 0 Å². The highest BCUT2D eigenvalue weighted by atomic mass is 32.1. The molecule has 3 rings (SSSR count). The largest absolute Gasteiger partial charge is 0.493 e. The van der Waals surface area contributed by atoms with Crippen LogP contribution >= 0.6 is 12.2 Å². The van der Waals surface area contributed by atoms with Crippen LogP contribution in [0.1, 0.15) is 23.6 Å². The van der Waals surface area contributed by atoms with Gasteiger partial charge in [-0.3, -0.25) is 19.8 Å². The SMILES string of the molecule is CCOc1ccccc1/C=C1\C(=O)NC(=S)N(c2ccc(C)cc2C)C1=O. The molecule has 0 radical (unpaired) electrons. The van der Waals surface area contributed by atoms with E-state index in [9.17, 15) is 9.59 Å². The molecular weight excluding hydrogens is 360 g/mol. The Morgan fingerprint density at radius 1 is 1.15 bits per heavy atom. The van der Waals surface area contributed by atoms with Crippen molar-refractivity contribution < 1.29 is 14.3 Å². The number of carbonyl (C=O) groups excluding carboxylic acids is 2. The molecule has 0 atom stereocenters. The number of rotatable bonds is 4. The number of carbonyl (C=O) groups is 2. The van der Waals surface area contributed by atoms with Crippen molar-refractivity contribution in [3.8, 4) is 5.75 Å². The van der Waals surface area contributed by atoms with Crippen LogP contribution in [0.3, 0.4) is 0 Å². The van der Waals surface area contributed by atoms with Gasteiger partial charge in [0.25, 0.3) is 11.8 Å². The topological polar surface area (TPSA) is 58.6 Å². The zero-order chi connectivity index (χ0) is 19.6. The van der Waals surface area contributed by atoms with Gasteiger partial charge < -0.3 is 4.74 Å². The van der Waals surface area contributed by atoms with Crippen molar-refractivity contribution in [2.75, 3.05) is 11.5 Å². The highest BCUT2D eigenvalue weighted by molar-refractivity contribution is 7.80. The van der Waals surface area contributed by atoms with Crippen molar-refractivity contribution in [2.45, 2.75) is 20.8 Å². The van der Waals surface area contributed by atoms with Gasteiger partial charge in [-0.05, 0) is 56.8 Å². The maximum Gasteiger partial charge on any atom is 0.270 e. The van der Waals surface area contributed by atoms with Crippen LogP contribution in [-0.2, 0) is 9.59 Å². The lowest BCUT2D eigenvalue weighted by atomic mass is 10.0. The van der Waals surface area contributed by atoms with Gasteiger partial charge in [-0.2, -0.15) is 0 Å². The van der Waals surface area contributed by atoms with Crippen LogP contribution in [0.5, 0.6) is 5.75 Å². The van der Waals surface area contributed by atoms with Crippen molar-refractivity contribution in [2.24, 2.45) is 0 Å². The standard InChI is InChI=1S/C21H20N2O3S/c1-4-26-18-8-6-5-7-15(18)12-16-19(24)22-21(27)23(20(16)25)17-10-9-13(2)11-14(17)3/h5-12H,4H2,1-3H3,(H,22,24,27)/b16-12+. The Kier molecular flexibility index (Phi) is 5.37. The van der Waals surface area contributed by atoms with E-state index < -0.39 is 11.8 Å². The summed E-state index contributed by atoms with van der Waals surface area (Å²) in [5, 5.41) is 2.69. The molecule has 0 aromatic heterocycles. The Hall–Kier alpha value is -2.99. The van der Waals surface area contributed by atoms with Crippen LogP contribution in [0, 0.1) is 13.8 Å². The summed E-state index contributed by atoms with van der Waals surface area (Å²) in [6.07, 6.45) is 1.54. The van der Waals surface area contributed by atoms with Gasteiger partial charge in [0.15, 0.2) is 5.11 Å². The second-order valence-electron chi connectivity index (χ2n) is 6.22. The number of aryl methyl sites for hydroxylation is 2. The number of nitrogens with one attached hydrogen (secondary N) is 1. The fourth-order valence-electron chi connectivity index (χ4n) is 2.97. The molecule has 1 fully saturated rings. The number of thiocarbonyl (C=S) groups is 1. The highest BCUT2D eigenvalue weighted by Gasteiger charge is 2.35. The molecule has 5 nitrogen and oxygen atoms in total. The maximum absolute atomic E-state index is 13.1. The fourth-order valence-corrected chi connectivity index (χ4v) is 3.25. The van der Waals surface area contributed by atoms with Crippen molar-refractivity contribution in [3.05, 3.63) is 64.7 Å². The minimum absolute atomic E-state index is 0.00993. The first-order valence-corrected chi connectivity index (χ1v) is 9.03. The molecule has 138 valence electrons. The lowest BCUT2D eigenvalue weighted by molar-refractivity contribution is -0.122. The lowest BCUT2D eigenvalue weighted by Crippen LogP contribution is -2.54. The van der Waals surface area contributed by atoms with Crippen molar-refractivity contribution in [1.82, 2.24) is 5.32 Å². The molecule has 2 aromatic rings. The summed E-state index contributed by atoms with van der Waals surface area (Å²) in [4.78, 5) is 26.9. The molecule has 2 aromatic carbocycles. The van der Waals surface area contributed by atoms with E-state index in [0.29, 0.717) is 23.6 Å². The second kappa shape index (κ2) is 7.72. The van der Waals surface area contributed by atoms with Gasteiger partial charge in [0.1, 0.15) is 11.3 Å². The first kappa shape index (κ1) is 18.8. The third kappa shape index (κ3) is 3.75. The van der Waals surface area contributed by atoms with E-state index in [-0.39, 0.29) is 10.7 Å². The molecular formula is C21H20N2O3S. The van der Waals surface area contributed by atoms with Gasteiger partial charge in [-0.25, -0.2) is 0 Å². The monoisotopic (exact) mass is 380 g/mol. The van der Waals surface area contributed by atoms with Crippen molar-refractivity contribution in [3.63, 3.8) is 0 Å². The smallest absolute Gasteiger partial charge is 0.270 e. The fraction of sp³-hybridized carbons (Fsp3) is 0.190. The summed E-state index contributed by atoms with van der Waals surface area (Å²) in [6.45, 7) is 6.25. The molecule has 0 spiro atoms. The highest BCUT2D eigenvalue weighted by Crippen LogP contribution is 2.27. The molecule has 1 aliphatic rings. The molecule has 1 heterocycles. The third-order valence-corrected chi connectivity index (χ3v) is 4.50. The third-order valence-electron chi connectivity index (χ3n) is 4.21. The van der Waals surface area contributed by atoms with E-state index >= 15 is 0 Å². The van der Waals surface area contributed by atoms with Crippen LogP contribution in [0.4, 0.5) is 5.69 Å². The first-order valence-electron chi connectivity index (χ1n) is 8.63. The summed E-state index contributed by atoms with van der Waals surface area (Å²) in [7, 11) is 0. The van der Waals surface area contributed by atoms with Crippen LogP contribution in [0.15, 0.2) is 48.0 Å². The molecule has 2 amide bonds. The van der Waals surface area contributed by atoms with Gasteiger partial charge in [-0.15, -0.1) is 0 Å². The predicted molar refractivity (Wildman–Crippen MR) is 110 cm³/mol. The maximum atomic E-state index is 13.1. The molecule has 27 heavy (non-hydrogen) atoms. The zero-order valence-corrected chi connectivity index (χ0v) is 16.2. The number of anilines is 1. The van der Waals surface area contributed by atoms with Gasteiger partial charge >= 0.3 is 0 Å². The predicted octanol–water partition coefficient (Wildman–Crippen LogP) is 3.53. The van der Waals surface area contributed by atoms with E-state index in [4.69, 9.17) is 17.0 Å². The Morgan fingerprint density at radius 2 is 1.89 bits per heavy atom. The van der Waals surface area contributed by atoms with Crippen LogP contribution in [0.25, 0.3) is 6.08 Å². The summed E-state index contributed by atoms with van der Waals surface area (Å²) >= 11 is 5.26. The lowest BCUT2D eigenvalue weighted by Gasteiger charge is -2.30. The molecule has 1 N–H and O–H groups in total. The van der Waals surface area contributed by atoms with E-state index in [0.717, 1.165) is 11.1 Å². The van der Waals surface area contributed by atoms with Crippen molar-refractivity contribution in [1.29, 1.82) is 0 Å². The average Bonchev–Trinajstić information content (AvgIpc) is 2.62. The number of benzene rings is 2. The van der Waals surface area contributed by atoms with Crippen LogP contribution in [-0.4, -0.2) is 23.5 Å². The summed E-state index contributed by atoms with van der Waals surface area (Å²) in [5.74, 6) is -0.362. The molecule has 0 bridgehead atoms. The van der Waals surface area contributed by atoms with E-state index in [2.05, 4.69) is 5.32 Å². The minimum atomic E-state index is -0.516. The number of ether oxygens (including phenoxy) is 1. The Balaban J connectivity index is 2.05. The van der Waals surface area contributed by atoms with E-state index in [1.165, 1.54) is 4.90 Å². The number of para-hydroxylation sites is 1. The van der Waals surface area contributed by atoms with Gasteiger partial charge in [0.05, 0.1) is 12.3 Å².